The van der Waals surface area contributed by atoms with Crippen molar-refractivity contribution in [1.29, 1.82) is 0 Å². The lowest BCUT2D eigenvalue weighted by Gasteiger charge is -2.31. The minimum atomic E-state index is -0.123. The highest BCUT2D eigenvalue weighted by molar-refractivity contribution is 5.92. The van der Waals surface area contributed by atoms with Gasteiger partial charge in [-0.2, -0.15) is 5.10 Å². The molecule has 28 heavy (non-hydrogen) atoms. The highest BCUT2D eigenvalue weighted by atomic mass is 16.2. The molecule has 0 radical (unpaired) electrons. The van der Waals surface area contributed by atoms with Crippen molar-refractivity contribution >= 4 is 28.4 Å². The van der Waals surface area contributed by atoms with Gasteiger partial charge < -0.3 is 10.2 Å². The van der Waals surface area contributed by atoms with Crippen LogP contribution >= 0.6 is 0 Å². The molecule has 0 unspecified atom stereocenters. The number of piperidine rings is 1. The first kappa shape index (κ1) is 18.4. The lowest BCUT2D eigenvalue weighted by Crippen LogP contribution is -2.33. The fourth-order valence-electron chi connectivity index (χ4n) is 3.85. The minimum Gasteiger partial charge on any atom is -0.356 e. The molecule has 0 spiro atoms. The number of fused-ring (bicyclic) bond motifs is 1. The van der Waals surface area contributed by atoms with Crippen molar-refractivity contribution in [2.75, 3.05) is 23.3 Å². The van der Waals surface area contributed by atoms with Crippen molar-refractivity contribution in [3.63, 3.8) is 0 Å². The van der Waals surface area contributed by atoms with Crippen LogP contribution in [-0.2, 0) is 11.3 Å². The zero-order valence-electron chi connectivity index (χ0n) is 16.6. The van der Waals surface area contributed by atoms with Crippen molar-refractivity contribution in [3.05, 3.63) is 41.9 Å². The molecule has 4 rings (SSSR count). The maximum atomic E-state index is 12.5. The van der Waals surface area contributed by atoms with Crippen LogP contribution in [-0.4, -0.2) is 38.7 Å². The van der Waals surface area contributed by atoms with Gasteiger partial charge in [-0.25, -0.2) is 14.6 Å². The highest BCUT2D eigenvalue weighted by Gasteiger charge is 2.21. The summed E-state index contributed by atoms with van der Waals surface area (Å²) in [6, 6.07) is 6.00. The molecule has 0 aliphatic carbocycles. The van der Waals surface area contributed by atoms with Gasteiger partial charge in [0.25, 0.3) is 0 Å². The SMILES string of the molecule is Cc1cc(C)cc(NC(=O)Cn2ncc3c(N4CCC(C)CC4)ncnc32)c1. The molecule has 1 saturated heterocycles. The molecule has 1 amide bonds. The van der Waals surface area contributed by atoms with Gasteiger partial charge in [-0.3, -0.25) is 4.79 Å². The van der Waals surface area contributed by atoms with Crippen LogP contribution in [0, 0.1) is 19.8 Å². The second-order valence-electron chi connectivity index (χ2n) is 7.83. The van der Waals surface area contributed by atoms with E-state index in [2.05, 4.69) is 38.3 Å². The molecular formula is C21H26N6O. The molecule has 1 aliphatic rings. The predicted octanol–water partition coefficient (Wildman–Crippen LogP) is 3.32. The number of aromatic nitrogens is 4. The van der Waals surface area contributed by atoms with Gasteiger partial charge in [-0.15, -0.1) is 0 Å². The van der Waals surface area contributed by atoms with E-state index in [-0.39, 0.29) is 12.5 Å². The predicted molar refractivity (Wildman–Crippen MR) is 110 cm³/mol. The van der Waals surface area contributed by atoms with E-state index in [1.54, 1.807) is 17.2 Å². The molecule has 0 bridgehead atoms. The summed E-state index contributed by atoms with van der Waals surface area (Å²) in [4.78, 5) is 23.7. The van der Waals surface area contributed by atoms with E-state index in [1.807, 2.05) is 26.0 Å². The third-order valence-corrected chi connectivity index (χ3v) is 5.29. The number of aryl methyl sites for hydroxylation is 2. The number of hydrogen-bond donors (Lipinski definition) is 1. The Morgan fingerprint density at radius 1 is 1.14 bits per heavy atom. The van der Waals surface area contributed by atoms with Gasteiger partial charge in [0.1, 0.15) is 18.7 Å². The van der Waals surface area contributed by atoms with E-state index in [0.29, 0.717) is 5.65 Å². The molecule has 1 N–H and O–H groups in total. The molecular weight excluding hydrogens is 352 g/mol. The number of nitrogens with zero attached hydrogens (tertiary/aromatic N) is 5. The number of anilines is 2. The van der Waals surface area contributed by atoms with Crippen LogP contribution in [0.3, 0.4) is 0 Å². The Morgan fingerprint density at radius 2 is 1.86 bits per heavy atom. The molecule has 1 aromatic carbocycles. The maximum Gasteiger partial charge on any atom is 0.246 e. The Kier molecular flexibility index (Phi) is 4.98. The number of hydrogen-bond acceptors (Lipinski definition) is 5. The van der Waals surface area contributed by atoms with Gasteiger partial charge >= 0.3 is 0 Å². The van der Waals surface area contributed by atoms with Crippen molar-refractivity contribution in [2.24, 2.45) is 5.92 Å². The zero-order valence-corrected chi connectivity index (χ0v) is 16.6. The summed E-state index contributed by atoms with van der Waals surface area (Å²) >= 11 is 0. The van der Waals surface area contributed by atoms with Crippen LogP contribution in [0.1, 0.15) is 30.9 Å². The van der Waals surface area contributed by atoms with Gasteiger partial charge in [0.05, 0.1) is 11.6 Å². The molecule has 3 aromatic rings. The monoisotopic (exact) mass is 378 g/mol. The molecule has 1 fully saturated rings. The van der Waals surface area contributed by atoms with Crippen LogP contribution in [0.5, 0.6) is 0 Å². The topological polar surface area (TPSA) is 75.9 Å². The summed E-state index contributed by atoms with van der Waals surface area (Å²) in [7, 11) is 0. The molecule has 7 heteroatoms. The van der Waals surface area contributed by atoms with Crippen LogP contribution in [0.2, 0.25) is 0 Å². The van der Waals surface area contributed by atoms with Gasteiger partial charge in [0.2, 0.25) is 5.91 Å². The Labute approximate surface area is 164 Å². The smallest absolute Gasteiger partial charge is 0.246 e. The largest absolute Gasteiger partial charge is 0.356 e. The highest BCUT2D eigenvalue weighted by Crippen LogP contribution is 2.27. The van der Waals surface area contributed by atoms with Gasteiger partial charge in [-0.1, -0.05) is 13.0 Å². The Bertz CT molecular complexity index is 983. The zero-order chi connectivity index (χ0) is 19.7. The molecule has 146 valence electrons. The molecule has 2 aromatic heterocycles. The lowest BCUT2D eigenvalue weighted by atomic mass is 9.99. The van der Waals surface area contributed by atoms with Crippen molar-refractivity contribution in [2.45, 2.75) is 40.2 Å². The summed E-state index contributed by atoms with van der Waals surface area (Å²) in [5.41, 5.74) is 3.73. The molecule has 0 saturated carbocycles. The normalized spacial score (nSPS) is 15.2. The van der Waals surface area contributed by atoms with E-state index >= 15 is 0 Å². The van der Waals surface area contributed by atoms with Crippen LogP contribution in [0.4, 0.5) is 11.5 Å². The first-order valence-corrected chi connectivity index (χ1v) is 9.79. The quantitative estimate of drug-likeness (QED) is 0.754. The molecule has 1 aliphatic heterocycles. The second-order valence-corrected chi connectivity index (χ2v) is 7.83. The van der Waals surface area contributed by atoms with Gasteiger partial charge in [0, 0.05) is 18.8 Å². The first-order chi connectivity index (χ1) is 13.5. The van der Waals surface area contributed by atoms with Crippen LogP contribution < -0.4 is 10.2 Å². The summed E-state index contributed by atoms with van der Waals surface area (Å²) in [6.07, 6.45) is 5.67. The summed E-state index contributed by atoms with van der Waals surface area (Å²) < 4.78 is 1.64. The van der Waals surface area contributed by atoms with Crippen molar-refractivity contribution in [3.8, 4) is 0 Å². The summed E-state index contributed by atoms with van der Waals surface area (Å²) in [5, 5.41) is 8.26. The van der Waals surface area contributed by atoms with Crippen LogP contribution in [0.25, 0.3) is 11.0 Å². The number of rotatable bonds is 4. The standard InChI is InChI=1S/C21H26N6O/c1-14-4-6-26(7-5-14)20-18-11-24-27(21(18)23-13-22-20)12-19(28)25-17-9-15(2)8-16(3)10-17/h8-11,13-14H,4-7,12H2,1-3H3,(H,25,28). The van der Waals surface area contributed by atoms with E-state index in [9.17, 15) is 4.79 Å². The summed E-state index contributed by atoms with van der Waals surface area (Å²) in [6.45, 7) is 8.42. The van der Waals surface area contributed by atoms with E-state index in [4.69, 9.17) is 0 Å². The van der Waals surface area contributed by atoms with Crippen molar-refractivity contribution < 1.29 is 4.79 Å². The first-order valence-electron chi connectivity index (χ1n) is 9.79. The Hall–Kier alpha value is -2.96. The molecule has 7 nitrogen and oxygen atoms in total. The second kappa shape index (κ2) is 7.58. The van der Waals surface area contributed by atoms with E-state index < -0.39 is 0 Å². The number of benzene rings is 1. The van der Waals surface area contributed by atoms with Gasteiger partial charge in [0.15, 0.2) is 5.65 Å². The van der Waals surface area contributed by atoms with E-state index in [0.717, 1.165) is 59.9 Å². The summed E-state index contributed by atoms with van der Waals surface area (Å²) in [5.74, 6) is 1.55. The Balaban J connectivity index is 1.53. The van der Waals surface area contributed by atoms with Crippen molar-refractivity contribution in [1.82, 2.24) is 19.7 Å². The number of carbonyl (C=O) groups is 1. The Morgan fingerprint density at radius 3 is 2.57 bits per heavy atom. The number of amides is 1. The third-order valence-electron chi connectivity index (χ3n) is 5.29. The average molecular weight is 378 g/mol. The molecule has 0 atom stereocenters. The fourth-order valence-corrected chi connectivity index (χ4v) is 3.85. The number of nitrogens with one attached hydrogen (secondary N) is 1. The van der Waals surface area contributed by atoms with Crippen LogP contribution in [0.15, 0.2) is 30.7 Å². The third kappa shape index (κ3) is 3.83. The fraction of sp³-hybridized carbons (Fsp3) is 0.429. The molecule has 3 heterocycles. The average Bonchev–Trinajstić information content (AvgIpc) is 3.04. The van der Waals surface area contributed by atoms with Gasteiger partial charge in [-0.05, 0) is 55.9 Å². The lowest BCUT2D eigenvalue weighted by molar-refractivity contribution is -0.116. The number of carbonyl (C=O) groups excluding carboxylic acids is 1. The minimum absolute atomic E-state index is 0.115. The maximum absolute atomic E-state index is 12.5. The van der Waals surface area contributed by atoms with E-state index in [1.165, 1.54) is 0 Å².